The maximum absolute atomic E-state index is 13.1. The lowest BCUT2D eigenvalue weighted by Gasteiger charge is -2.31. The Kier molecular flexibility index (Phi) is 6.18. The normalized spacial score (nSPS) is 18.2. The molecule has 0 saturated carbocycles. The smallest absolute Gasteiger partial charge is 0.243 e. The fourth-order valence-corrected chi connectivity index (χ4v) is 5.19. The van der Waals surface area contributed by atoms with E-state index < -0.39 is 21.8 Å². The highest BCUT2D eigenvalue weighted by molar-refractivity contribution is 7.98. The van der Waals surface area contributed by atoms with Gasteiger partial charge in [0.2, 0.25) is 15.9 Å². The molecule has 0 aliphatic carbocycles. The first kappa shape index (κ1) is 19.9. The first-order valence-corrected chi connectivity index (χ1v) is 11.3. The average Bonchev–Trinajstić information content (AvgIpc) is 2.69. The van der Waals surface area contributed by atoms with Crippen molar-refractivity contribution in [3.63, 3.8) is 0 Å². The van der Waals surface area contributed by atoms with Crippen LogP contribution in [-0.2, 0) is 14.8 Å². The number of hydrogen-bond donors (Lipinski definition) is 1. The van der Waals surface area contributed by atoms with Gasteiger partial charge in [-0.2, -0.15) is 4.31 Å². The SMILES string of the molecule is CSc1ccccc1NC(=O)C1CCCN(S(=O)(=O)c2ccc(F)cc2)C1. The number of nitrogens with zero attached hydrogens (tertiary/aromatic N) is 1. The molecular formula is C19H21FN2O3S2. The van der Waals surface area contributed by atoms with Crippen LogP contribution in [0, 0.1) is 11.7 Å². The van der Waals surface area contributed by atoms with E-state index in [1.165, 1.54) is 28.2 Å². The first-order chi connectivity index (χ1) is 12.9. The summed E-state index contributed by atoms with van der Waals surface area (Å²) >= 11 is 1.54. The van der Waals surface area contributed by atoms with Gasteiger partial charge in [0.05, 0.1) is 16.5 Å². The standard InChI is InChI=1S/C19H21FN2O3S2/c1-26-18-7-3-2-6-17(18)21-19(23)14-5-4-12-22(13-14)27(24,25)16-10-8-15(20)9-11-16/h2-3,6-11,14H,4-5,12-13H2,1H3,(H,21,23). The van der Waals surface area contributed by atoms with Crippen molar-refractivity contribution < 1.29 is 17.6 Å². The number of thioether (sulfide) groups is 1. The number of benzene rings is 2. The van der Waals surface area contributed by atoms with Crippen molar-refractivity contribution >= 4 is 33.4 Å². The average molecular weight is 409 g/mol. The van der Waals surface area contributed by atoms with Crippen LogP contribution < -0.4 is 5.32 Å². The maximum atomic E-state index is 13.1. The van der Waals surface area contributed by atoms with Crippen LogP contribution in [0.3, 0.4) is 0 Å². The number of carbonyl (C=O) groups excluding carboxylic acids is 1. The Labute approximate surface area is 163 Å². The number of para-hydroxylation sites is 1. The highest BCUT2D eigenvalue weighted by Crippen LogP contribution is 2.28. The molecule has 1 heterocycles. The van der Waals surface area contributed by atoms with Crippen LogP contribution in [0.5, 0.6) is 0 Å². The van der Waals surface area contributed by atoms with Crippen LogP contribution in [0.25, 0.3) is 0 Å². The molecule has 144 valence electrons. The molecule has 1 atom stereocenters. The van der Waals surface area contributed by atoms with E-state index in [-0.39, 0.29) is 17.3 Å². The van der Waals surface area contributed by atoms with Gasteiger partial charge in [-0.05, 0) is 55.5 Å². The van der Waals surface area contributed by atoms with Crippen LogP contribution in [0.1, 0.15) is 12.8 Å². The van der Waals surface area contributed by atoms with Gasteiger partial charge in [-0.15, -0.1) is 11.8 Å². The van der Waals surface area contributed by atoms with E-state index in [9.17, 15) is 17.6 Å². The third-order valence-electron chi connectivity index (χ3n) is 4.57. The molecule has 0 spiro atoms. The molecule has 1 fully saturated rings. The molecule has 1 saturated heterocycles. The Bertz CT molecular complexity index is 917. The Hall–Kier alpha value is -1.90. The van der Waals surface area contributed by atoms with Gasteiger partial charge in [-0.25, -0.2) is 12.8 Å². The summed E-state index contributed by atoms with van der Waals surface area (Å²) in [6.45, 7) is 0.470. The largest absolute Gasteiger partial charge is 0.325 e. The lowest BCUT2D eigenvalue weighted by atomic mass is 9.99. The first-order valence-electron chi connectivity index (χ1n) is 8.61. The van der Waals surface area contributed by atoms with Gasteiger partial charge in [-0.3, -0.25) is 4.79 Å². The second kappa shape index (κ2) is 8.41. The van der Waals surface area contributed by atoms with Crippen molar-refractivity contribution in [2.24, 2.45) is 5.92 Å². The number of piperidine rings is 1. The highest BCUT2D eigenvalue weighted by atomic mass is 32.2. The predicted molar refractivity (Wildman–Crippen MR) is 105 cm³/mol. The maximum Gasteiger partial charge on any atom is 0.243 e. The van der Waals surface area contributed by atoms with E-state index >= 15 is 0 Å². The van der Waals surface area contributed by atoms with Crippen LogP contribution in [-0.4, -0.2) is 38.0 Å². The van der Waals surface area contributed by atoms with Crippen molar-refractivity contribution in [2.45, 2.75) is 22.6 Å². The van der Waals surface area contributed by atoms with Gasteiger partial charge in [0, 0.05) is 18.0 Å². The number of carbonyl (C=O) groups is 1. The van der Waals surface area contributed by atoms with E-state index in [1.807, 2.05) is 30.5 Å². The second-order valence-electron chi connectivity index (χ2n) is 6.35. The second-order valence-corrected chi connectivity index (χ2v) is 9.13. The fraction of sp³-hybridized carbons (Fsp3) is 0.316. The molecule has 27 heavy (non-hydrogen) atoms. The summed E-state index contributed by atoms with van der Waals surface area (Å²) in [7, 11) is -3.75. The van der Waals surface area contributed by atoms with Gasteiger partial charge in [0.1, 0.15) is 5.82 Å². The van der Waals surface area contributed by atoms with E-state index in [0.29, 0.717) is 19.4 Å². The van der Waals surface area contributed by atoms with E-state index in [0.717, 1.165) is 22.7 Å². The Morgan fingerprint density at radius 1 is 1.19 bits per heavy atom. The Morgan fingerprint density at radius 3 is 2.59 bits per heavy atom. The number of rotatable bonds is 5. The zero-order chi connectivity index (χ0) is 19.4. The van der Waals surface area contributed by atoms with Gasteiger partial charge in [0.15, 0.2) is 0 Å². The molecule has 8 heteroatoms. The van der Waals surface area contributed by atoms with Crippen LogP contribution >= 0.6 is 11.8 Å². The minimum Gasteiger partial charge on any atom is -0.325 e. The third-order valence-corrected chi connectivity index (χ3v) is 7.25. The minimum absolute atomic E-state index is 0.0395. The summed E-state index contributed by atoms with van der Waals surface area (Å²) in [4.78, 5) is 13.7. The zero-order valence-electron chi connectivity index (χ0n) is 14.9. The van der Waals surface area contributed by atoms with Gasteiger partial charge >= 0.3 is 0 Å². The summed E-state index contributed by atoms with van der Waals surface area (Å²) in [6, 6.07) is 12.3. The minimum atomic E-state index is -3.75. The van der Waals surface area contributed by atoms with Gasteiger partial charge < -0.3 is 5.32 Å². The number of nitrogens with one attached hydrogen (secondary N) is 1. The third kappa shape index (κ3) is 4.51. The number of hydrogen-bond acceptors (Lipinski definition) is 4. The molecule has 3 rings (SSSR count). The van der Waals surface area contributed by atoms with E-state index in [4.69, 9.17) is 0 Å². The molecule has 1 N–H and O–H groups in total. The number of anilines is 1. The number of amides is 1. The zero-order valence-corrected chi connectivity index (χ0v) is 16.5. The molecule has 2 aromatic rings. The van der Waals surface area contributed by atoms with E-state index in [1.54, 1.807) is 0 Å². The number of sulfonamides is 1. The lowest BCUT2D eigenvalue weighted by Crippen LogP contribution is -2.43. The monoisotopic (exact) mass is 408 g/mol. The van der Waals surface area contributed by atoms with Crippen LogP contribution in [0.2, 0.25) is 0 Å². The molecule has 1 amide bonds. The van der Waals surface area contributed by atoms with Gasteiger partial charge in [0.25, 0.3) is 0 Å². The molecule has 1 aliphatic rings. The molecule has 2 aromatic carbocycles. The van der Waals surface area contributed by atoms with Crippen LogP contribution in [0.4, 0.5) is 10.1 Å². The Morgan fingerprint density at radius 2 is 1.89 bits per heavy atom. The predicted octanol–water partition coefficient (Wildman–Crippen LogP) is 3.59. The molecule has 0 bridgehead atoms. The summed E-state index contributed by atoms with van der Waals surface area (Å²) in [5.41, 5.74) is 0.730. The highest BCUT2D eigenvalue weighted by Gasteiger charge is 2.33. The molecule has 5 nitrogen and oxygen atoms in total. The molecule has 0 radical (unpaired) electrons. The molecule has 1 aliphatic heterocycles. The summed E-state index contributed by atoms with van der Waals surface area (Å²) in [5, 5.41) is 2.92. The summed E-state index contributed by atoms with van der Waals surface area (Å²) < 4.78 is 40.0. The Balaban J connectivity index is 1.73. The molecule has 0 aromatic heterocycles. The van der Waals surface area contributed by atoms with Crippen molar-refractivity contribution in [1.82, 2.24) is 4.31 Å². The van der Waals surface area contributed by atoms with Crippen molar-refractivity contribution in [2.75, 3.05) is 24.7 Å². The topological polar surface area (TPSA) is 66.5 Å². The van der Waals surface area contributed by atoms with Crippen molar-refractivity contribution in [3.05, 3.63) is 54.3 Å². The molecular weight excluding hydrogens is 387 g/mol. The van der Waals surface area contributed by atoms with Crippen molar-refractivity contribution in [3.8, 4) is 0 Å². The van der Waals surface area contributed by atoms with Gasteiger partial charge in [-0.1, -0.05) is 12.1 Å². The summed E-state index contributed by atoms with van der Waals surface area (Å²) in [5.74, 6) is -1.10. The molecule has 1 unspecified atom stereocenters. The van der Waals surface area contributed by atoms with Crippen LogP contribution in [0.15, 0.2) is 58.3 Å². The van der Waals surface area contributed by atoms with E-state index in [2.05, 4.69) is 5.32 Å². The number of halogens is 1. The quantitative estimate of drug-likeness (QED) is 0.768. The fourth-order valence-electron chi connectivity index (χ4n) is 3.11. The van der Waals surface area contributed by atoms with Crippen molar-refractivity contribution in [1.29, 1.82) is 0 Å². The lowest BCUT2D eigenvalue weighted by molar-refractivity contribution is -0.120. The summed E-state index contributed by atoms with van der Waals surface area (Å²) in [6.07, 6.45) is 3.16.